The Balaban J connectivity index is 2.06. The number of aliphatic hydroxyl groups is 1. The maximum atomic E-state index is 12.4. The van der Waals surface area contributed by atoms with Crippen molar-refractivity contribution in [2.24, 2.45) is 11.8 Å². The third kappa shape index (κ3) is 3.72. The van der Waals surface area contributed by atoms with Crippen LogP contribution in [0.5, 0.6) is 0 Å². The Morgan fingerprint density at radius 3 is 2.55 bits per heavy atom. The number of aliphatic hydroxyl groups excluding tert-OH is 1. The molecule has 118 valence electrons. The van der Waals surface area contributed by atoms with Gasteiger partial charge in [0.05, 0.1) is 6.10 Å². The number of nitrogens with zero attached hydrogens (tertiary/aromatic N) is 1. The predicted molar refractivity (Wildman–Crippen MR) is 79.5 cm³/mol. The number of rotatable bonds is 5. The third-order valence-electron chi connectivity index (χ3n) is 4.51. The highest BCUT2D eigenvalue weighted by atomic mass is 32.2. The molecule has 2 fully saturated rings. The van der Waals surface area contributed by atoms with Crippen LogP contribution in [0.4, 0.5) is 0 Å². The van der Waals surface area contributed by atoms with Crippen molar-refractivity contribution in [3.8, 4) is 0 Å². The zero-order valence-corrected chi connectivity index (χ0v) is 13.4. The summed E-state index contributed by atoms with van der Waals surface area (Å²) in [5, 5.41) is 10.2. The summed E-state index contributed by atoms with van der Waals surface area (Å²) >= 11 is 0. The van der Waals surface area contributed by atoms with Crippen LogP contribution in [0.25, 0.3) is 0 Å². The van der Waals surface area contributed by atoms with E-state index in [1.165, 1.54) is 0 Å². The zero-order chi connectivity index (χ0) is 14.8. The van der Waals surface area contributed by atoms with E-state index in [0.717, 1.165) is 38.5 Å². The second-order valence-corrected chi connectivity index (χ2v) is 8.29. The van der Waals surface area contributed by atoms with E-state index in [1.807, 2.05) is 13.8 Å². The monoisotopic (exact) mass is 304 g/mol. The van der Waals surface area contributed by atoms with Crippen LogP contribution in [0.3, 0.4) is 0 Å². The van der Waals surface area contributed by atoms with Crippen molar-refractivity contribution in [2.45, 2.75) is 64.5 Å². The molecule has 0 spiro atoms. The highest BCUT2D eigenvalue weighted by Crippen LogP contribution is 2.35. The van der Waals surface area contributed by atoms with Gasteiger partial charge < -0.3 is 5.11 Å². The largest absolute Gasteiger partial charge is 0.393 e. The molecule has 0 bridgehead atoms. The molecule has 0 amide bonds. The van der Waals surface area contributed by atoms with Gasteiger partial charge >= 0.3 is 0 Å². The minimum Gasteiger partial charge on any atom is -0.393 e. The lowest BCUT2D eigenvalue weighted by atomic mass is 9.81. The van der Waals surface area contributed by atoms with E-state index in [0.29, 0.717) is 19.0 Å². The molecule has 0 radical (unpaired) electrons. The Hall–Kier alpha value is -0.170. The molecule has 2 N–H and O–H groups in total. The summed E-state index contributed by atoms with van der Waals surface area (Å²) in [7, 11) is -3.40. The van der Waals surface area contributed by atoms with Crippen molar-refractivity contribution in [3.63, 3.8) is 0 Å². The molecule has 1 aliphatic carbocycles. The molecule has 1 heterocycles. The summed E-state index contributed by atoms with van der Waals surface area (Å²) in [5.74, 6) is 0.410. The first-order valence-corrected chi connectivity index (χ1v) is 9.30. The summed E-state index contributed by atoms with van der Waals surface area (Å²) in [6.07, 6.45) is 5.36. The van der Waals surface area contributed by atoms with Crippen molar-refractivity contribution in [3.05, 3.63) is 0 Å². The number of nitrogens with one attached hydrogen (secondary N) is 1. The fourth-order valence-corrected chi connectivity index (χ4v) is 5.13. The van der Waals surface area contributed by atoms with E-state index < -0.39 is 10.2 Å². The van der Waals surface area contributed by atoms with Gasteiger partial charge in [-0.05, 0) is 31.6 Å². The lowest BCUT2D eigenvalue weighted by Gasteiger charge is -2.36. The highest BCUT2D eigenvalue weighted by molar-refractivity contribution is 7.87. The number of hydrogen-bond acceptors (Lipinski definition) is 3. The van der Waals surface area contributed by atoms with E-state index in [1.54, 1.807) is 4.31 Å². The van der Waals surface area contributed by atoms with Gasteiger partial charge in [0, 0.05) is 25.0 Å². The van der Waals surface area contributed by atoms with Gasteiger partial charge in [-0.1, -0.05) is 26.7 Å². The average molecular weight is 304 g/mol. The molecule has 3 unspecified atom stereocenters. The lowest BCUT2D eigenvalue weighted by Crippen LogP contribution is -2.49. The Kier molecular flexibility index (Phi) is 5.45. The van der Waals surface area contributed by atoms with E-state index in [9.17, 15) is 13.5 Å². The lowest BCUT2D eigenvalue weighted by molar-refractivity contribution is 0.0384. The smallest absolute Gasteiger partial charge is 0.279 e. The minimum absolute atomic E-state index is 0.0186. The van der Waals surface area contributed by atoms with Gasteiger partial charge in [-0.25, -0.2) is 4.72 Å². The zero-order valence-electron chi connectivity index (χ0n) is 12.6. The maximum absolute atomic E-state index is 12.4. The van der Waals surface area contributed by atoms with Gasteiger partial charge in [0.25, 0.3) is 10.2 Å². The van der Waals surface area contributed by atoms with Crippen molar-refractivity contribution in [1.82, 2.24) is 9.03 Å². The minimum atomic E-state index is -3.40. The molecule has 2 aliphatic rings. The maximum Gasteiger partial charge on any atom is 0.279 e. The summed E-state index contributed by atoms with van der Waals surface area (Å²) in [5.41, 5.74) is 0. The third-order valence-corrected chi connectivity index (χ3v) is 6.11. The molecule has 0 aromatic heterocycles. The van der Waals surface area contributed by atoms with Crippen molar-refractivity contribution in [1.29, 1.82) is 0 Å². The summed E-state index contributed by atoms with van der Waals surface area (Å²) < 4.78 is 29.2. The van der Waals surface area contributed by atoms with Crippen LogP contribution in [0.2, 0.25) is 0 Å². The fraction of sp³-hybridized carbons (Fsp3) is 1.00. The van der Waals surface area contributed by atoms with Crippen LogP contribution in [0.15, 0.2) is 0 Å². The van der Waals surface area contributed by atoms with Crippen LogP contribution in [0.1, 0.15) is 52.4 Å². The summed E-state index contributed by atoms with van der Waals surface area (Å²) in [6.45, 7) is 5.05. The molecule has 5 nitrogen and oxygen atoms in total. The molecule has 1 aliphatic heterocycles. The van der Waals surface area contributed by atoms with E-state index in [2.05, 4.69) is 4.72 Å². The van der Waals surface area contributed by atoms with Gasteiger partial charge in [0.15, 0.2) is 0 Å². The molecule has 20 heavy (non-hydrogen) atoms. The molecule has 0 aromatic rings. The molecular weight excluding hydrogens is 276 g/mol. The second-order valence-electron chi connectivity index (χ2n) is 6.58. The SMILES string of the molecule is CC(C)CNS(=O)(=O)N1CCCC1C1CCCCC1O. The second kappa shape index (κ2) is 6.73. The topological polar surface area (TPSA) is 69.6 Å². The summed E-state index contributed by atoms with van der Waals surface area (Å²) in [4.78, 5) is 0. The average Bonchev–Trinajstić information content (AvgIpc) is 2.87. The van der Waals surface area contributed by atoms with Gasteiger partial charge in [-0.3, -0.25) is 0 Å². The van der Waals surface area contributed by atoms with Crippen LogP contribution in [0, 0.1) is 11.8 Å². The predicted octanol–water partition coefficient (Wildman–Crippen LogP) is 1.49. The molecule has 3 atom stereocenters. The highest BCUT2D eigenvalue weighted by Gasteiger charge is 2.41. The van der Waals surface area contributed by atoms with E-state index in [4.69, 9.17) is 0 Å². The molecule has 6 heteroatoms. The standard InChI is InChI=1S/C14H28N2O3S/c1-11(2)10-15-20(18,19)16-9-5-7-13(16)12-6-3-4-8-14(12)17/h11-15,17H,3-10H2,1-2H3. The molecular formula is C14H28N2O3S. The quantitative estimate of drug-likeness (QED) is 0.808. The van der Waals surface area contributed by atoms with Gasteiger partial charge in [-0.2, -0.15) is 12.7 Å². The van der Waals surface area contributed by atoms with Crippen molar-refractivity contribution >= 4 is 10.2 Å². The normalized spacial score (nSPS) is 32.9. The first-order valence-electron chi connectivity index (χ1n) is 7.86. The van der Waals surface area contributed by atoms with Crippen LogP contribution in [-0.4, -0.2) is 43.1 Å². The molecule has 1 saturated heterocycles. The van der Waals surface area contributed by atoms with Crippen LogP contribution >= 0.6 is 0 Å². The van der Waals surface area contributed by atoms with Crippen molar-refractivity contribution < 1.29 is 13.5 Å². The van der Waals surface area contributed by atoms with Crippen molar-refractivity contribution in [2.75, 3.05) is 13.1 Å². The van der Waals surface area contributed by atoms with Gasteiger partial charge in [-0.15, -0.1) is 0 Å². The summed E-state index contributed by atoms with van der Waals surface area (Å²) in [6, 6.07) is -0.0186. The fourth-order valence-electron chi connectivity index (χ4n) is 3.44. The molecule has 2 rings (SSSR count). The first-order chi connectivity index (χ1) is 9.42. The van der Waals surface area contributed by atoms with Gasteiger partial charge in [0.1, 0.15) is 0 Å². The Bertz CT molecular complexity index is 411. The van der Waals surface area contributed by atoms with E-state index >= 15 is 0 Å². The number of hydrogen-bond donors (Lipinski definition) is 2. The molecule has 1 saturated carbocycles. The van der Waals surface area contributed by atoms with Gasteiger partial charge in [0.2, 0.25) is 0 Å². The molecule has 0 aromatic carbocycles. The Morgan fingerprint density at radius 1 is 1.20 bits per heavy atom. The Labute approximate surface area is 122 Å². The van der Waals surface area contributed by atoms with Crippen LogP contribution in [-0.2, 0) is 10.2 Å². The Morgan fingerprint density at radius 2 is 1.90 bits per heavy atom. The van der Waals surface area contributed by atoms with Crippen LogP contribution < -0.4 is 4.72 Å². The first kappa shape index (κ1) is 16.2. The van der Waals surface area contributed by atoms with E-state index in [-0.39, 0.29) is 18.1 Å².